The van der Waals surface area contributed by atoms with E-state index in [4.69, 9.17) is 10.7 Å². The van der Waals surface area contributed by atoms with Crippen LogP contribution in [0.2, 0.25) is 0 Å². The Labute approximate surface area is 54.4 Å². The van der Waals surface area contributed by atoms with Gasteiger partial charge in [0, 0.05) is 7.05 Å². The topological polar surface area (TPSA) is 62.9 Å². The fourth-order valence-electron chi connectivity index (χ4n) is 0.297. The average molecular weight is 132 g/mol. The molecule has 0 aromatic heterocycles. The van der Waals surface area contributed by atoms with E-state index in [1.807, 2.05) is 6.92 Å². The van der Waals surface area contributed by atoms with Gasteiger partial charge in [0.2, 0.25) is 0 Å². The van der Waals surface area contributed by atoms with E-state index in [9.17, 15) is 0 Å². The Morgan fingerprint density at radius 1 is 1.89 bits per heavy atom. The first-order valence-corrected chi connectivity index (χ1v) is 2.68. The number of hydrazine groups is 1. The third-order valence-corrected chi connectivity index (χ3v) is 0.579. The molecule has 0 heterocycles. The minimum atomic E-state index is 0.534. The molecule has 3 N–H and O–H groups in total. The van der Waals surface area contributed by atoms with Crippen molar-refractivity contribution in [3.8, 4) is 0 Å². The molecule has 0 unspecified atom stereocenters. The van der Waals surface area contributed by atoms with Gasteiger partial charge in [-0.3, -0.25) is 4.84 Å². The van der Waals surface area contributed by atoms with Crippen molar-refractivity contribution in [3.05, 3.63) is 0 Å². The van der Waals surface area contributed by atoms with Gasteiger partial charge in [-0.1, -0.05) is 0 Å². The van der Waals surface area contributed by atoms with Crippen LogP contribution in [0.25, 0.3) is 0 Å². The number of hydrazone groups is 1. The molecule has 0 spiro atoms. The van der Waals surface area contributed by atoms with Gasteiger partial charge in [0.15, 0.2) is 6.34 Å². The van der Waals surface area contributed by atoms with Crippen molar-refractivity contribution in [2.45, 2.75) is 6.92 Å². The minimum Gasteiger partial charge on any atom is -0.312 e. The Hall–Kier alpha value is -0.810. The van der Waals surface area contributed by atoms with E-state index in [0.717, 1.165) is 5.17 Å². The molecule has 54 valence electrons. The molecule has 0 aliphatic carbocycles. The molecule has 0 aliphatic heterocycles. The molecule has 0 saturated carbocycles. The highest BCUT2D eigenvalue weighted by Gasteiger charge is 1.84. The minimum absolute atomic E-state index is 0.534. The molecule has 5 heteroatoms. The van der Waals surface area contributed by atoms with Crippen molar-refractivity contribution in [1.82, 2.24) is 10.6 Å². The van der Waals surface area contributed by atoms with E-state index in [1.165, 1.54) is 6.34 Å². The summed E-state index contributed by atoms with van der Waals surface area (Å²) in [5.74, 6) is 5.19. The summed E-state index contributed by atoms with van der Waals surface area (Å²) in [4.78, 5) is 4.77. The maximum Gasteiger partial charge on any atom is 0.154 e. The SMILES string of the molecule is CCON(N)C=NNC. The molecule has 0 bridgehead atoms. The van der Waals surface area contributed by atoms with Crippen LogP contribution in [0.15, 0.2) is 5.10 Å². The van der Waals surface area contributed by atoms with Gasteiger partial charge in [0.05, 0.1) is 6.61 Å². The van der Waals surface area contributed by atoms with Crippen LogP contribution in [-0.2, 0) is 4.84 Å². The maximum atomic E-state index is 5.19. The van der Waals surface area contributed by atoms with Crippen LogP contribution in [0.4, 0.5) is 0 Å². The Balaban J connectivity index is 3.25. The summed E-state index contributed by atoms with van der Waals surface area (Å²) in [6.07, 6.45) is 1.34. The fraction of sp³-hybridized carbons (Fsp3) is 0.750. The zero-order chi connectivity index (χ0) is 7.11. The lowest BCUT2D eigenvalue weighted by Gasteiger charge is -2.08. The molecule has 5 nitrogen and oxygen atoms in total. The second-order valence-corrected chi connectivity index (χ2v) is 1.25. The van der Waals surface area contributed by atoms with E-state index in [0.29, 0.717) is 6.61 Å². The number of hydroxylamine groups is 1. The van der Waals surface area contributed by atoms with Crippen LogP contribution in [0.1, 0.15) is 6.92 Å². The van der Waals surface area contributed by atoms with E-state index in [2.05, 4.69) is 10.5 Å². The monoisotopic (exact) mass is 132 g/mol. The van der Waals surface area contributed by atoms with Crippen LogP contribution < -0.4 is 11.3 Å². The number of hydrogen-bond donors (Lipinski definition) is 2. The predicted molar refractivity (Wildman–Crippen MR) is 35.2 cm³/mol. The van der Waals surface area contributed by atoms with Crippen LogP contribution in [0.3, 0.4) is 0 Å². The zero-order valence-corrected chi connectivity index (χ0v) is 5.66. The van der Waals surface area contributed by atoms with Gasteiger partial charge in [-0.15, -0.1) is 0 Å². The molecule has 9 heavy (non-hydrogen) atoms. The lowest BCUT2D eigenvalue weighted by atomic mass is 10.9. The first-order valence-electron chi connectivity index (χ1n) is 2.68. The van der Waals surface area contributed by atoms with Gasteiger partial charge in [-0.25, -0.2) is 5.84 Å². The summed E-state index contributed by atoms with van der Waals surface area (Å²) in [7, 11) is 1.68. The largest absolute Gasteiger partial charge is 0.312 e. The van der Waals surface area contributed by atoms with Crippen LogP contribution in [-0.4, -0.2) is 25.2 Å². The average Bonchev–Trinajstić information content (AvgIpc) is 1.85. The molecule has 0 aromatic rings. The van der Waals surface area contributed by atoms with Crippen LogP contribution >= 0.6 is 0 Å². The highest BCUT2D eigenvalue weighted by molar-refractivity contribution is 5.51. The number of nitrogens with zero attached hydrogens (tertiary/aromatic N) is 2. The summed E-state index contributed by atoms with van der Waals surface area (Å²) in [5.41, 5.74) is 2.52. The van der Waals surface area contributed by atoms with Crippen molar-refractivity contribution in [2.24, 2.45) is 10.9 Å². The van der Waals surface area contributed by atoms with Gasteiger partial charge in [0.25, 0.3) is 0 Å². The summed E-state index contributed by atoms with van der Waals surface area (Å²) >= 11 is 0. The smallest absolute Gasteiger partial charge is 0.154 e. The molecule has 0 fully saturated rings. The molecule has 0 atom stereocenters. The highest BCUT2D eigenvalue weighted by atomic mass is 16.7. The van der Waals surface area contributed by atoms with Gasteiger partial charge in [0.1, 0.15) is 0 Å². The van der Waals surface area contributed by atoms with Crippen molar-refractivity contribution >= 4 is 6.34 Å². The Kier molecular flexibility index (Phi) is 4.85. The van der Waals surface area contributed by atoms with Gasteiger partial charge in [-0.05, 0) is 6.92 Å². The van der Waals surface area contributed by atoms with Crippen molar-refractivity contribution in [3.63, 3.8) is 0 Å². The molecule has 0 aliphatic rings. The summed E-state index contributed by atoms with van der Waals surface area (Å²) in [5, 5.41) is 4.63. The molecule has 0 radical (unpaired) electrons. The third kappa shape index (κ3) is 5.05. The van der Waals surface area contributed by atoms with Gasteiger partial charge < -0.3 is 5.43 Å². The zero-order valence-electron chi connectivity index (χ0n) is 5.66. The van der Waals surface area contributed by atoms with Crippen LogP contribution in [0, 0.1) is 0 Å². The number of nitrogens with one attached hydrogen (secondary N) is 1. The predicted octanol–water partition coefficient (Wildman–Crippen LogP) is -0.724. The summed E-state index contributed by atoms with van der Waals surface area (Å²) in [6, 6.07) is 0. The van der Waals surface area contributed by atoms with Crippen molar-refractivity contribution in [2.75, 3.05) is 13.7 Å². The van der Waals surface area contributed by atoms with E-state index >= 15 is 0 Å². The molecule has 0 rings (SSSR count). The normalized spacial score (nSPS) is 10.1. The third-order valence-electron chi connectivity index (χ3n) is 0.579. The maximum absolute atomic E-state index is 5.19. The lowest BCUT2D eigenvalue weighted by Crippen LogP contribution is -2.30. The van der Waals surface area contributed by atoms with E-state index in [1.54, 1.807) is 7.05 Å². The first-order chi connectivity index (χ1) is 4.31. The van der Waals surface area contributed by atoms with Crippen molar-refractivity contribution < 1.29 is 4.84 Å². The van der Waals surface area contributed by atoms with Gasteiger partial charge in [-0.2, -0.15) is 10.3 Å². The quantitative estimate of drug-likeness (QED) is 0.229. The molecule has 0 saturated heterocycles. The Morgan fingerprint density at radius 2 is 2.56 bits per heavy atom. The van der Waals surface area contributed by atoms with Crippen LogP contribution in [0.5, 0.6) is 0 Å². The second kappa shape index (κ2) is 5.33. The Morgan fingerprint density at radius 3 is 3.00 bits per heavy atom. The number of nitrogens with two attached hydrogens (primary N) is 1. The van der Waals surface area contributed by atoms with Crippen molar-refractivity contribution in [1.29, 1.82) is 0 Å². The molecule has 0 amide bonds. The molecule has 0 aromatic carbocycles. The Bertz CT molecular complexity index is 84.6. The highest BCUT2D eigenvalue weighted by Crippen LogP contribution is 1.72. The lowest BCUT2D eigenvalue weighted by molar-refractivity contribution is -0.0906. The standard InChI is InChI=1S/C4H12N4O/c1-3-9-8(5)4-7-6-2/h4,6H,3,5H2,1-2H3. The molecular weight excluding hydrogens is 120 g/mol. The fourth-order valence-corrected chi connectivity index (χ4v) is 0.297. The van der Waals surface area contributed by atoms with Gasteiger partial charge >= 0.3 is 0 Å². The molecular formula is C4H12N4O. The van der Waals surface area contributed by atoms with E-state index < -0.39 is 0 Å². The van der Waals surface area contributed by atoms with E-state index in [-0.39, 0.29) is 0 Å². The first kappa shape index (κ1) is 8.19. The number of hydrogen-bond acceptors (Lipinski definition) is 4. The number of rotatable bonds is 4. The summed E-state index contributed by atoms with van der Waals surface area (Å²) < 4.78 is 0. The second-order valence-electron chi connectivity index (χ2n) is 1.25. The summed E-state index contributed by atoms with van der Waals surface area (Å²) in [6.45, 7) is 2.37.